The Morgan fingerprint density at radius 3 is 2.56 bits per heavy atom. The SMILES string of the molecule is CCNC(=NCc1ccc(N2CCOCC2)cc1)NCc1ccccn1.I. The number of nitrogens with zero attached hydrogens (tertiary/aromatic N) is 3. The van der Waals surface area contributed by atoms with Gasteiger partial charge < -0.3 is 20.3 Å². The van der Waals surface area contributed by atoms with Gasteiger partial charge >= 0.3 is 0 Å². The summed E-state index contributed by atoms with van der Waals surface area (Å²) in [5.74, 6) is 0.801. The van der Waals surface area contributed by atoms with Crippen LogP contribution in [0.3, 0.4) is 0 Å². The maximum Gasteiger partial charge on any atom is 0.191 e. The van der Waals surface area contributed by atoms with Crippen molar-refractivity contribution in [2.45, 2.75) is 20.0 Å². The first-order valence-corrected chi connectivity index (χ1v) is 9.19. The first-order chi connectivity index (χ1) is 12.8. The molecule has 1 aromatic carbocycles. The van der Waals surface area contributed by atoms with E-state index in [-0.39, 0.29) is 24.0 Å². The Hall–Kier alpha value is -1.87. The van der Waals surface area contributed by atoms with E-state index in [9.17, 15) is 0 Å². The molecule has 6 nitrogen and oxygen atoms in total. The van der Waals surface area contributed by atoms with Gasteiger partial charge in [0, 0.05) is 31.5 Å². The van der Waals surface area contributed by atoms with Crippen LogP contribution in [0.15, 0.2) is 53.7 Å². The Morgan fingerprint density at radius 2 is 1.89 bits per heavy atom. The highest BCUT2D eigenvalue weighted by molar-refractivity contribution is 14.0. The van der Waals surface area contributed by atoms with Crippen LogP contribution >= 0.6 is 24.0 Å². The topological polar surface area (TPSA) is 61.8 Å². The number of anilines is 1. The first kappa shape index (κ1) is 21.4. The molecule has 0 aliphatic carbocycles. The quantitative estimate of drug-likeness (QED) is 0.378. The zero-order valence-corrected chi connectivity index (χ0v) is 18.1. The summed E-state index contributed by atoms with van der Waals surface area (Å²) in [4.78, 5) is 11.4. The van der Waals surface area contributed by atoms with E-state index in [1.165, 1.54) is 11.3 Å². The van der Waals surface area contributed by atoms with Gasteiger partial charge in [0.2, 0.25) is 0 Å². The zero-order chi connectivity index (χ0) is 18.0. The van der Waals surface area contributed by atoms with E-state index in [0.717, 1.165) is 44.5 Å². The van der Waals surface area contributed by atoms with Crippen molar-refractivity contribution in [1.82, 2.24) is 15.6 Å². The van der Waals surface area contributed by atoms with Crippen LogP contribution in [0.25, 0.3) is 0 Å². The van der Waals surface area contributed by atoms with Gasteiger partial charge in [-0.3, -0.25) is 4.98 Å². The fourth-order valence-electron chi connectivity index (χ4n) is 2.82. The molecule has 0 spiro atoms. The van der Waals surface area contributed by atoms with Crippen molar-refractivity contribution in [3.63, 3.8) is 0 Å². The number of halogens is 1. The lowest BCUT2D eigenvalue weighted by Gasteiger charge is -2.28. The van der Waals surface area contributed by atoms with Gasteiger partial charge in [0.15, 0.2) is 5.96 Å². The highest BCUT2D eigenvalue weighted by atomic mass is 127. The molecule has 1 aliphatic rings. The molecular formula is C20H28IN5O. The monoisotopic (exact) mass is 481 g/mol. The third kappa shape index (κ3) is 6.99. The fraction of sp³-hybridized carbons (Fsp3) is 0.400. The van der Waals surface area contributed by atoms with Crippen molar-refractivity contribution in [2.75, 3.05) is 37.7 Å². The Balaban J connectivity index is 0.00000261. The lowest BCUT2D eigenvalue weighted by Crippen LogP contribution is -2.37. The van der Waals surface area contributed by atoms with Crippen LogP contribution in [-0.4, -0.2) is 43.8 Å². The van der Waals surface area contributed by atoms with Crippen LogP contribution in [0.5, 0.6) is 0 Å². The van der Waals surface area contributed by atoms with Crippen LogP contribution in [0, 0.1) is 0 Å². The number of guanidine groups is 1. The molecule has 1 aromatic heterocycles. The standard InChI is InChI=1S/C20H27N5O.HI/c1-2-21-20(24-16-18-5-3-4-10-22-18)23-15-17-6-8-19(9-7-17)25-11-13-26-14-12-25;/h3-10H,2,11-16H2,1H3,(H2,21,23,24);1H. The Bertz CT molecular complexity index is 687. The number of morpholine rings is 1. The van der Waals surface area contributed by atoms with Gasteiger partial charge in [-0.05, 0) is 36.8 Å². The molecule has 1 fully saturated rings. The molecule has 1 saturated heterocycles. The normalized spacial score (nSPS) is 14.4. The maximum absolute atomic E-state index is 5.41. The van der Waals surface area contributed by atoms with Crippen molar-refractivity contribution in [3.8, 4) is 0 Å². The van der Waals surface area contributed by atoms with Crippen LogP contribution in [-0.2, 0) is 17.8 Å². The van der Waals surface area contributed by atoms with E-state index in [0.29, 0.717) is 13.1 Å². The molecule has 0 amide bonds. The number of hydrogen-bond acceptors (Lipinski definition) is 4. The molecule has 0 bridgehead atoms. The molecule has 0 radical (unpaired) electrons. The summed E-state index contributed by atoms with van der Waals surface area (Å²) in [6.45, 7) is 7.71. The molecule has 2 heterocycles. The third-order valence-corrected chi connectivity index (χ3v) is 4.24. The number of benzene rings is 1. The number of hydrogen-bond donors (Lipinski definition) is 2. The van der Waals surface area contributed by atoms with Crippen molar-refractivity contribution in [2.24, 2.45) is 4.99 Å². The highest BCUT2D eigenvalue weighted by Crippen LogP contribution is 2.17. The summed E-state index contributed by atoms with van der Waals surface area (Å²) in [7, 11) is 0. The number of nitrogens with one attached hydrogen (secondary N) is 2. The van der Waals surface area contributed by atoms with Crippen LogP contribution < -0.4 is 15.5 Å². The number of rotatable bonds is 6. The molecule has 7 heteroatoms. The molecule has 2 N–H and O–H groups in total. The minimum absolute atomic E-state index is 0. The van der Waals surface area contributed by atoms with Gasteiger partial charge in [0.05, 0.1) is 32.0 Å². The summed E-state index contributed by atoms with van der Waals surface area (Å²) in [5.41, 5.74) is 3.44. The number of aliphatic imine (C=N–C) groups is 1. The molecular weight excluding hydrogens is 453 g/mol. The number of ether oxygens (including phenoxy) is 1. The minimum Gasteiger partial charge on any atom is -0.378 e. The van der Waals surface area contributed by atoms with Gasteiger partial charge in [-0.15, -0.1) is 24.0 Å². The van der Waals surface area contributed by atoms with Gasteiger partial charge in [0.1, 0.15) is 0 Å². The van der Waals surface area contributed by atoms with Crippen molar-refractivity contribution in [1.29, 1.82) is 0 Å². The third-order valence-electron chi connectivity index (χ3n) is 4.24. The van der Waals surface area contributed by atoms with E-state index in [4.69, 9.17) is 4.74 Å². The van der Waals surface area contributed by atoms with Gasteiger partial charge in [-0.1, -0.05) is 18.2 Å². The van der Waals surface area contributed by atoms with Crippen molar-refractivity contribution < 1.29 is 4.74 Å². The number of pyridine rings is 1. The van der Waals surface area contributed by atoms with E-state index < -0.39 is 0 Å². The van der Waals surface area contributed by atoms with Gasteiger partial charge in [0.25, 0.3) is 0 Å². The van der Waals surface area contributed by atoms with E-state index in [2.05, 4.69) is 56.7 Å². The van der Waals surface area contributed by atoms with Gasteiger partial charge in [-0.2, -0.15) is 0 Å². The second kappa shape index (κ2) is 11.8. The zero-order valence-electron chi connectivity index (χ0n) is 15.7. The summed E-state index contributed by atoms with van der Waals surface area (Å²) in [5, 5.41) is 6.60. The average Bonchev–Trinajstić information content (AvgIpc) is 2.72. The predicted molar refractivity (Wildman–Crippen MR) is 121 cm³/mol. The summed E-state index contributed by atoms with van der Waals surface area (Å²) < 4.78 is 5.41. The van der Waals surface area contributed by atoms with E-state index in [1.807, 2.05) is 18.2 Å². The number of aromatic nitrogens is 1. The molecule has 2 aromatic rings. The molecule has 0 saturated carbocycles. The highest BCUT2D eigenvalue weighted by Gasteiger charge is 2.10. The van der Waals surface area contributed by atoms with E-state index >= 15 is 0 Å². The minimum atomic E-state index is 0. The average molecular weight is 481 g/mol. The second-order valence-corrected chi connectivity index (χ2v) is 6.14. The first-order valence-electron chi connectivity index (χ1n) is 9.19. The molecule has 0 unspecified atom stereocenters. The predicted octanol–water partition coefficient (Wildman–Crippen LogP) is 2.79. The molecule has 27 heavy (non-hydrogen) atoms. The second-order valence-electron chi connectivity index (χ2n) is 6.14. The smallest absolute Gasteiger partial charge is 0.191 e. The molecule has 3 rings (SSSR count). The largest absolute Gasteiger partial charge is 0.378 e. The van der Waals surface area contributed by atoms with Crippen LogP contribution in [0.2, 0.25) is 0 Å². The van der Waals surface area contributed by atoms with Gasteiger partial charge in [-0.25, -0.2) is 4.99 Å². The Morgan fingerprint density at radius 1 is 1.11 bits per heavy atom. The molecule has 146 valence electrons. The van der Waals surface area contributed by atoms with Crippen molar-refractivity contribution in [3.05, 3.63) is 59.9 Å². The summed E-state index contributed by atoms with van der Waals surface area (Å²) >= 11 is 0. The van der Waals surface area contributed by atoms with Crippen LogP contribution in [0.4, 0.5) is 5.69 Å². The fourth-order valence-corrected chi connectivity index (χ4v) is 2.82. The summed E-state index contributed by atoms with van der Waals surface area (Å²) in [6.07, 6.45) is 1.80. The Kier molecular flexibility index (Phi) is 9.34. The van der Waals surface area contributed by atoms with Crippen LogP contribution in [0.1, 0.15) is 18.2 Å². The van der Waals surface area contributed by atoms with Crippen molar-refractivity contribution >= 4 is 35.6 Å². The van der Waals surface area contributed by atoms with E-state index in [1.54, 1.807) is 6.20 Å². The molecule has 0 atom stereocenters. The maximum atomic E-state index is 5.41. The molecule has 1 aliphatic heterocycles. The summed E-state index contributed by atoms with van der Waals surface area (Å²) in [6, 6.07) is 14.6. The lowest BCUT2D eigenvalue weighted by molar-refractivity contribution is 0.122. The lowest BCUT2D eigenvalue weighted by atomic mass is 10.2. The Labute approximate surface area is 178 Å².